The summed E-state index contributed by atoms with van der Waals surface area (Å²) in [6, 6.07) is 0. The molecule has 0 spiro atoms. The first-order valence-electron chi connectivity index (χ1n) is 3.50. The van der Waals surface area contributed by atoms with Crippen molar-refractivity contribution < 1.29 is 5.11 Å². The third-order valence-electron chi connectivity index (χ3n) is 1.94. The summed E-state index contributed by atoms with van der Waals surface area (Å²) in [6.07, 6.45) is 5.19. The zero-order valence-corrected chi connectivity index (χ0v) is 5.48. The van der Waals surface area contributed by atoms with Crippen LogP contribution in [-0.4, -0.2) is 11.2 Å². The van der Waals surface area contributed by atoms with Crippen LogP contribution in [0, 0.1) is 5.92 Å². The van der Waals surface area contributed by atoms with E-state index in [1.165, 1.54) is 12.8 Å². The van der Waals surface area contributed by atoms with Gasteiger partial charge >= 0.3 is 0 Å². The third-order valence-corrected chi connectivity index (χ3v) is 1.94. The van der Waals surface area contributed by atoms with Crippen LogP contribution in [0.25, 0.3) is 0 Å². The van der Waals surface area contributed by atoms with Crippen LogP contribution in [0.2, 0.25) is 0 Å². The molecule has 2 atom stereocenters. The lowest BCUT2D eigenvalue weighted by molar-refractivity contribution is 0.106. The van der Waals surface area contributed by atoms with E-state index in [0.29, 0.717) is 0 Å². The highest BCUT2D eigenvalue weighted by Crippen LogP contribution is 2.22. The minimum atomic E-state index is 0.263. The zero-order valence-electron chi connectivity index (χ0n) is 5.48. The highest BCUT2D eigenvalue weighted by molar-refractivity contribution is 4.67. The molecule has 1 heteroatoms. The van der Waals surface area contributed by atoms with E-state index < -0.39 is 0 Å². The van der Waals surface area contributed by atoms with Crippen molar-refractivity contribution in [2.45, 2.75) is 38.7 Å². The van der Waals surface area contributed by atoms with Crippen molar-refractivity contribution >= 4 is 0 Å². The summed E-state index contributed by atoms with van der Waals surface area (Å²) >= 11 is 0. The second-order valence-electron chi connectivity index (χ2n) is 2.97. The Morgan fingerprint density at radius 2 is 2.12 bits per heavy atom. The zero-order chi connectivity index (χ0) is 5.98. The monoisotopic (exact) mass is 115 g/mol. The molecular formula is C7H15O+. The first-order chi connectivity index (χ1) is 3.79. The van der Waals surface area contributed by atoms with Gasteiger partial charge in [0.1, 0.15) is 0 Å². The Morgan fingerprint density at radius 3 is 2.50 bits per heavy atom. The predicted molar refractivity (Wildman–Crippen MR) is 35.0 cm³/mol. The van der Waals surface area contributed by atoms with Crippen LogP contribution in [0.5, 0.6) is 0 Å². The second kappa shape index (κ2) is 2.49. The molecule has 0 amide bonds. The van der Waals surface area contributed by atoms with Crippen LogP contribution in [-0.2, 0) is 0 Å². The normalized spacial score (nSPS) is 39.8. The topological polar surface area (TPSA) is 22.9 Å². The summed E-state index contributed by atoms with van der Waals surface area (Å²) in [5.74, 6) is 0.825. The van der Waals surface area contributed by atoms with Crippen molar-refractivity contribution in [3.8, 4) is 0 Å². The first-order valence-corrected chi connectivity index (χ1v) is 3.50. The van der Waals surface area contributed by atoms with E-state index in [2.05, 4.69) is 6.92 Å². The molecule has 0 heterocycles. The van der Waals surface area contributed by atoms with Crippen LogP contribution < -0.4 is 0 Å². The number of hydrogen-bond acceptors (Lipinski definition) is 0. The molecule has 0 aromatic rings. The highest BCUT2D eigenvalue weighted by Gasteiger charge is 2.18. The van der Waals surface area contributed by atoms with Crippen LogP contribution in [0.3, 0.4) is 0 Å². The van der Waals surface area contributed by atoms with Gasteiger partial charge in [0.15, 0.2) is 6.10 Å². The van der Waals surface area contributed by atoms with E-state index in [-0.39, 0.29) is 6.10 Å². The average Bonchev–Trinajstić information content (AvgIpc) is 1.64. The molecule has 0 saturated heterocycles. The van der Waals surface area contributed by atoms with Crippen LogP contribution in [0.4, 0.5) is 0 Å². The van der Waals surface area contributed by atoms with Gasteiger partial charge in [-0.3, -0.25) is 0 Å². The molecule has 0 bridgehead atoms. The molecule has 1 aliphatic carbocycles. The first kappa shape index (κ1) is 6.09. The second-order valence-corrected chi connectivity index (χ2v) is 2.97. The molecule has 1 rings (SSSR count). The molecule has 1 aliphatic rings. The van der Waals surface area contributed by atoms with Gasteiger partial charge in [-0.2, -0.15) is 0 Å². The molecule has 0 aromatic carbocycles. The lowest BCUT2D eigenvalue weighted by atomic mass is 9.89. The van der Waals surface area contributed by atoms with Gasteiger partial charge in [-0.05, 0) is 12.3 Å². The standard InChI is InChI=1S/C7H14O/c1-6-3-2-4-7(8)5-6/h6-8H,2-5H2,1H3/p+1/t6-,7?/m1/s1. The third kappa shape index (κ3) is 1.48. The van der Waals surface area contributed by atoms with Gasteiger partial charge in [-0.15, -0.1) is 0 Å². The van der Waals surface area contributed by atoms with Gasteiger partial charge in [0, 0.05) is 12.8 Å². The summed E-state index contributed by atoms with van der Waals surface area (Å²) in [5, 5.41) is 7.40. The van der Waals surface area contributed by atoms with Crippen molar-refractivity contribution in [1.82, 2.24) is 0 Å². The van der Waals surface area contributed by atoms with E-state index >= 15 is 0 Å². The summed E-state index contributed by atoms with van der Waals surface area (Å²) in [5.41, 5.74) is 0. The maximum Gasteiger partial charge on any atom is 0.153 e. The summed E-state index contributed by atoms with van der Waals surface area (Å²) in [4.78, 5) is 0. The van der Waals surface area contributed by atoms with Gasteiger partial charge in [-0.1, -0.05) is 13.3 Å². The van der Waals surface area contributed by atoms with Gasteiger partial charge in [0.25, 0.3) is 0 Å². The minimum Gasteiger partial charge on any atom is -0.443 e. The Balaban J connectivity index is 2.23. The Bertz CT molecular complexity index is 62.8. The lowest BCUT2D eigenvalue weighted by Crippen LogP contribution is -2.16. The maximum absolute atomic E-state index is 7.40. The van der Waals surface area contributed by atoms with E-state index in [1.807, 2.05) is 0 Å². The summed E-state index contributed by atoms with van der Waals surface area (Å²) < 4.78 is 0. The Kier molecular flexibility index (Phi) is 1.90. The number of hydrogen-bond donors (Lipinski definition) is 0. The van der Waals surface area contributed by atoms with Crippen molar-refractivity contribution in [1.29, 1.82) is 0 Å². The molecule has 1 saturated carbocycles. The molecule has 0 aromatic heterocycles. The molecule has 8 heavy (non-hydrogen) atoms. The Morgan fingerprint density at radius 1 is 1.38 bits per heavy atom. The van der Waals surface area contributed by atoms with Crippen LogP contribution >= 0.6 is 0 Å². The van der Waals surface area contributed by atoms with E-state index in [4.69, 9.17) is 5.11 Å². The smallest absolute Gasteiger partial charge is 0.153 e. The number of rotatable bonds is 0. The fourth-order valence-corrected chi connectivity index (χ4v) is 1.43. The van der Waals surface area contributed by atoms with Gasteiger partial charge in [-0.25, -0.2) is 0 Å². The van der Waals surface area contributed by atoms with Gasteiger partial charge in [0.2, 0.25) is 0 Å². The van der Waals surface area contributed by atoms with Crippen molar-refractivity contribution in [2.24, 2.45) is 5.92 Å². The van der Waals surface area contributed by atoms with E-state index in [9.17, 15) is 0 Å². The maximum atomic E-state index is 7.40. The molecule has 2 N–H and O–H groups in total. The molecule has 1 fully saturated rings. The Hall–Kier alpha value is -0.0400. The quantitative estimate of drug-likeness (QED) is 0.425. The van der Waals surface area contributed by atoms with Crippen molar-refractivity contribution in [3.05, 3.63) is 0 Å². The molecule has 48 valence electrons. The molecule has 1 nitrogen and oxygen atoms in total. The van der Waals surface area contributed by atoms with E-state index in [0.717, 1.165) is 18.8 Å². The van der Waals surface area contributed by atoms with Crippen molar-refractivity contribution in [3.63, 3.8) is 0 Å². The van der Waals surface area contributed by atoms with Crippen molar-refractivity contribution in [2.75, 3.05) is 0 Å². The average molecular weight is 115 g/mol. The fraction of sp³-hybridized carbons (Fsp3) is 1.00. The molecule has 0 radical (unpaired) electrons. The largest absolute Gasteiger partial charge is 0.443 e. The summed E-state index contributed by atoms with van der Waals surface area (Å²) in [6.45, 7) is 2.25. The Labute approximate surface area is 50.7 Å². The van der Waals surface area contributed by atoms with Crippen LogP contribution in [0.1, 0.15) is 32.6 Å². The minimum absolute atomic E-state index is 0.263. The molecule has 0 aliphatic heterocycles. The molecular weight excluding hydrogens is 100 g/mol. The predicted octanol–water partition coefficient (Wildman–Crippen LogP) is 1.29. The molecule has 1 unspecified atom stereocenters. The summed E-state index contributed by atoms with van der Waals surface area (Å²) in [7, 11) is 0. The lowest BCUT2D eigenvalue weighted by Gasteiger charge is -2.18. The van der Waals surface area contributed by atoms with E-state index in [1.54, 1.807) is 0 Å². The SMILES string of the molecule is C[C@@H]1CCCC([OH2+])C1. The van der Waals surface area contributed by atoms with Gasteiger partial charge < -0.3 is 5.11 Å². The fourth-order valence-electron chi connectivity index (χ4n) is 1.43. The van der Waals surface area contributed by atoms with Crippen LogP contribution in [0.15, 0.2) is 0 Å². The highest BCUT2D eigenvalue weighted by atomic mass is 16.3. The van der Waals surface area contributed by atoms with Gasteiger partial charge in [0.05, 0.1) is 0 Å².